The Balaban J connectivity index is 1.45. The van der Waals surface area contributed by atoms with Gasteiger partial charge in [-0.05, 0) is 68.2 Å². The maximum absolute atomic E-state index is 11.8. The Labute approximate surface area is 182 Å². The van der Waals surface area contributed by atoms with E-state index < -0.39 is 0 Å². The summed E-state index contributed by atoms with van der Waals surface area (Å²) in [6, 6.07) is 4.69. The fourth-order valence-electron chi connectivity index (χ4n) is 5.16. The van der Waals surface area contributed by atoms with Gasteiger partial charge in [-0.3, -0.25) is 9.36 Å². The van der Waals surface area contributed by atoms with Crippen molar-refractivity contribution in [1.82, 2.24) is 19.7 Å². The molecule has 0 radical (unpaired) electrons. The number of hydrogen-bond acceptors (Lipinski definition) is 5. The summed E-state index contributed by atoms with van der Waals surface area (Å²) in [5.41, 5.74) is 0. The number of amides is 1. The summed E-state index contributed by atoms with van der Waals surface area (Å²) in [6.45, 7) is 2.38. The molecule has 2 fully saturated rings. The summed E-state index contributed by atoms with van der Waals surface area (Å²) in [4.78, 5) is 14.6. The zero-order chi connectivity index (χ0) is 20.4. The molecular formula is C22H32N4OS2. The second-order valence-electron chi connectivity index (χ2n) is 8.83. The molecule has 2 bridgehead atoms. The monoisotopic (exact) mass is 432 g/mol. The van der Waals surface area contributed by atoms with Crippen molar-refractivity contribution in [2.45, 2.75) is 63.1 Å². The lowest BCUT2D eigenvalue weighted by atomic mass is 9.84. The molecule has 0 aromatic carbocycles. The number of unbranched alkanes of at least 4 members (excludes halogenated alkanes) is 1. The molecule has 0 spiro atoms. The Kier molecular flexibility index (Phi) is 6.64. The lowest BCUT2D eigenvalue weighted by Gasteiger charge is -2.30. The standard InChI is InChI=1S/C22H32N4OS2/c1-15(18-14-16-9-10-17(18)13-16)26-21(19-7-6-12-28-19)23-24-22(26)29-11-5-4-8-20(27)25(2)3/h6-7,12,15-18H,4-5,8-11,13-14H2,1-3H3. The van der Waals surface area contributed by atoms with Crippen LogP contribution in [0.15, 0.2) is 22.7 Å². The number of rotatable bonds is 9. The van der Waals surface area contributed by atoms with Crippen LogP contribution in [0.25, 0.3) is 10.7 Å². The average molecular weight is 433 g/mol. The van der Waals surface area contributed by atoms with Crippen LogP contribution in [-0.4, -0.2) is 45.4 Å². The molecule has 0 aliphatic heterocycles. The average Bonchev–Trinajstić information content (AvgIpc) is 3.50. The molecule has 158 valence electrons. The Hall–Kier alpha value is -1.34. The minimum atomic E-state index is 0.211. The van der Waals surface area contributed by atoms with Gasteiger partial charge in [0.2, 0.25) is 5.91 Å². The number of hydrogen-bond donors (Lipinski definition) is 0. The summed E-state index contributed by atoms with van der Waals surface area (Å²) >= 11 is 3.54. The lowest BCUT2D eigenvalue weighted by molar-refractivity contribution is -0.128. The number of fused-ring (bicyclic) bond motifs is 2. The van der Waals surface area contributed by atoms with Crippen LogP contribution in [0.2, 0.25) is 0 Å². The molecule has 2 aromatic heterocycles. The highest BCUT2D eigenvalue weighted by Crippen LogP contribution is 2.53. The van der Waals surface area contributed by atoms with Gasteiger partial charge in [-0.15, -0.1) is 21.5 Å². The van der Waals surface area contributed by atoms with Crippen LogP contribution in [0.1, 0.15) is 57.9 Å². The zero-order valence-corrected chi connectivity index (χ0v) is 19.3. The second kappa shape index (κ2) is 9.21. The van der Waals surface area contributed by atoms with E-state index >= 15 is 0 Å². The fourth-order valence-corrected chi connectivity index (χ4v) is 6.88. The van der Waals surface area contributed by atoms with Gasteiger partial charge in [0.15, 0.2) is 11.0 Å². The predicted molar refractivity (Wildman–Crippen MR) is 120 cm³/mol. The number of nitrogens with zero attached hydrogens (tertiary/aromatic N) is 4. The number of carbonyl (C=O) groups is 1. The van der Waals surface area contributed by atoms with E-state index in [0.29, 0.717) is 12.5 Å². The van der Waals surface area contributed by atoms with Crippen molar-refractivity contribution < 1.29 is 4.79 Å². The van der Waals surface area contributed by atoms with Crippen molar-refractivity contribution in [3.05, 3.63) is 17.5 Å². The van der Waals surface area contributed by atoms with Gasteiger partial charge in [0.05, 0.1) is 4.88 Å². The lowest BCUT2D eigenvalue weighted by Crippen LogP contribution is -2.23. The van der Waals surface area contributed by atoms with E-state index in [4.69, 9.17) is 0 Å². The van der Waals surface area contributed by atoms with Crippen LogP contribution in [0.4, 0.5) is 0 Å². The van der Waals surface area contributed by atoms with Crippen molar-refractivity contribution in [1.29, 1.82) is 0 Å². The molecule has 0 saturated heterocycles. The molecule has 4 atom stereocenters. The molecule has 0 N–H and O–H groups in total. The molecule has 7 heteroatoms. The topological polar surface area (TPSA) is 51.0 Å². The molecule has 29 heavy (non-hydrogen) atoms. The van der Waals surface area contributed by atoms with Crippen LogP contribution in [0.3, 0.4) is 0 Å². The summed E-state index contributed by atoms with van der Waals surface area (Å²) in [5, 5.41) is 12.4. The number of thiophene rings is 1. The molecule has 1 amide bonds. The third kappa shape index (κ3) is 4.55. The van der Waals surface area contributed by atoms with Crippen molar-refractivity contribution >= 4 is 29.0 Å². The molecule has 2 aliphatic rings. The molecule has 5 nitrogen and oxygen atoms in total. The second-order valence-corrected chi connectivity index (χ2v) is 10.8. The number of aromatic nitrogens is 3. The van der Waals surface area contributed by atoms with Crippen LogP contribution in [-0.2, 0) is 4.79 Å². The SMILES string of the molecule is CC(C1CC2CCC1C2)n1c(SCCCCC(=O)N(C)C)nnc1-c1cccs1. The van der Waals surface area contributed by atoms with Crippen molar-refractivity contribution in [2.75, 3.05) is 19.8 Å². The first-order chi connectivity index (χ1) is 14.0. The number of carbonyl (C=O) groups excluding carboxylic acids is 1. The van der Waals surface area contributed by atoms with E-state index in [9.17, 15) is 4.79 Å². The van der Waals surface area contributed by atoms with Gasteiger partial charge < -0.3 is 4.90 Å². The first kappa shape index (κ1) is 20.9. The third-order valence-electron chi connectivity index (χ3n) is 6.74. The van der Waals surface area contributed by atoms with Gasteiger partial charge >= 0.3 is 0 Å². The third-order valence-corrected chi connectivity index (χ3v) is 8.64. The van der Waals surface area contributed by atoms with E-state index in [1.165, 1.54) is 30.6 Å². The van der Waals surface area contributed by atoms with Crippen LogP contribution in [0.5, 0.6) is 0 Å². The Morgan fingerprint density at radius 1 is 1.31 bits per heavy atom. The smallest absolute Gasteiger partial charge is 0.222 e. The molecule has 2 heterocycles. The van der Waals surface area contributed by atoms with E-state index in [2.05, 4.69) is 39.2 Å². The van der Waals surface area contributed by atoms with Gasteiger partial charge in [-0.1, -0.05) is 24.2 Å². The molecule has 2 aliphatic carbocycles. The largest absolute Gasteiger partial charge is 0.349 e. The van der Waals surface area contributed by atoms with Crippen LogP contribution >= 0.6 is 23.1 Å². The number of thioether (sulfide) groups is 1. The normalized spacial score (nSPS) is 24.2. The summed E-state index contributed by atoms with van der Waals surface area (Å²) in [7, 11) is 3.64. The quantitative estimate of drug-likeness (QED) is 0.396. The molecule has 4 rings (SSSR count). The van der Waals surface area contributed by atoms with E-state index in [1.807, 2.05) is 14.1 Å². The Bertz CT molecular complexity index is 817. The first-order valence-electron chi connectivity index (χ1n) is 10.9. The summed E-state index contributed by atoms with van der Waals surface area (Å²) in [6.07, 6.45) is 8.20. The van der Waals surface area contributed by atoms with E-state index in [-0.39, 0.29) is 5.91 Å². The maximum atomic E-state index is 11.8. The van der Waals surface area contributed by atoms with Crippen molar-refractivity contribution in [3.63, 3.8) is 0 Å². The summed E-state index contributed by atoms with van der Waals surface area (Å²) < 4.78 is 2.42. The minimum absolute atomic E-state index is 0.211. The van der Waals surface area contributed by atoms with Gasteiger partial charge in [0.25, 0.3) is 0 Å². The van der Waals surface area contributed by atoms with Gasteiger partial charge in [-0.2, -0.15) is 0 Å². The summed E-state index contributed by atoms with van der Waals surface area (Å²) in [5.74, 6) is 4.79. The van der Waals surface area contributed by atoms with Crippen LogP contribution in [0, 0.1) is 17.8 Å². The highest BCUT2D eigenvalue weighted by atomic mass is 32.2. The Morgan fingerprint density at radius 2 is 2.17 bits per heavy atom. The highest BCUT2D eigenvalue weighted by Gasteiger charge is 2.43. The minimum Gasteiger partial charge on any atom is -0.349 e. The van der Waals surface area contributed by atoms with Crippen molar-refractivity contribution in [2.24, 2.45) is 17.8 Å². The Morgan fingerprint density at radius 3 is 2.83 bits per heavy atom. The van der Waals surface area contributed by atoms with Crippen LogP contribution < -0.4 is 0 Å². The predicted octanol–water partition coefficient (Wildman–Crippen LogP) is 5.35. The molecule has 2 saturated carbocycles. The van der Waals surface area contributed by atoms with Crippen molar-refractivity contribution in [3.8, 4) is 10.7 Å². The van der Waals surface area contributed by atoms with E-state index in [1.54, 1.807) is 28.0 Å². The maximum Gasteiger partial charge on any atom is 0.222 e. The molecule has 4 unspecified atom stereocenters. The van der Waals surface area contributed by atoms with Gasteiger partial charge in [0.1, 0.15) is 0 Å². The fraction of sp³-hybridized carbons (Fsp3) is 0.682. The molecule has 2 aromatic rings. The molecular weight excluding hydrogens is 400 g/mol. The van der Waals surface area contributed by atoms with E-state index in [0.717, 1.165) is 47.3 Å². The van der Waals surface area contributed by atoms with Gasteiger partial charge in [0, 0.05) is 32.3 Å². The van der Waals surface area contributed by atoms with Gasteiger partial charge in [-0.25, -0.2) is 0 Å². The zero-order valence-electron chi connectivity index (χ0n) is 17.7. The first-order valence-corrected chi connectivity index (χ1v) is 12.7. The highest BCUT2D eigenvalue weighted by molar-refractivity contribution is 7.99.